The SMILES string of the molecule is COc1ccccc1-c1cc(C)c(F)c(C(C)(C)C)c1. The van der Waals surface area contributed by atoms with E-state index in [4.69, 9.17) is 4.74 Å². The smallest absolute Gasteiger partial charge is 0.129 e. The molecule has 2 rings (SSSR count). The Kier molecular flexibility index (Phi) is 3.85. The lowest BCUT2D eigenvalue weighted by Crippen LogP contribution is -2.14. The first kappa shape index (κ1) is 14.6. The van der Waals surface area contributed by atoms with Gasteiger partial charge in [-0.25, -0.2) is 4.39 Å². The van der Waals surface area contributed by atoms with E-state index in [1.54, 1.807) is 7.11 Å². The number of hydrogen-bond donors (Lipinski definition) is 0. The van der Waals surface area contributed by atoms with Crippen molar-refractivity contribution in [3.63, 3.8) is 0 Å². The van der Waals surface area contributed by atoms with Crippen LogP contribution in [0.4, 0.5) is 4.39 Å². The third-order valence-electron chi connectivity index (χ3n) is 3.48. The Morgan fingerprint density at radius 1 is 1.05 bits per heavy atom. The number of halogens is 1. The lowest BCUT2D eigenvalue weighted by molar-refractivity contribution is 0.416. The molecule has 0 bridgehead atoms. The molecule has 0 fully saturated rings. The molecule has 0 radical (unpaired) electrons. The summed E-state index contributed by atoms with van der Waals surface area (Å²) < 4.78 is 19.7. The van der Waals surface area contributed by atoms with Crippen molar-refractivity contribution in [2.45, 2.75) is 33.1 Å². The highest BCUT2D eigenvalue weighted by Crippen LogP contribution is 2.35. The number of methoxy groups -OCH3 is 1. The Labute approximate surface area is 120 Å². The molecular weight excluding hydrogens is 251 g/mol. The van der Waals surface area contributed by atoms with E-state index in [0.717, 1.165) is 22.4 Å². The van der Waals surface area contributed by atoms with E-state index in [2.05, 4.69) is 0 Å². The van der Waals surface area contributed by atoms with E-state index in [9.17, 15) is 4.39 Å². The Hall–Kier alpha value is -1.83. The highest BCUT2D eigenvalue weighted by molar-refractivity contribution is 5.72. The van der Waals surface area contributed by atoms with Crippen molar-refractivity contribution in [3.05, 3.63) is 53.3 Å². The predicted octanol–water partition coefficient (Wildman–Crippen LogP) is 5.11. The summed E-state index contributed by atoms with van der Waals surface area (Å²) in [5.74, 6) is 0.689. The standard InChI is InChI=1S/C18H21FO/c1-12-10-13(11-15(17(12)19)18(2,3)4)14-8-6-7-9-16(14)20-5/h6-11H,1-5H3. The van der Waals surface area contributed by atoms with Crippen molar-refractivity contribution in [1.82, 2.24) is 0 Å². The summed E-state index contributed by atoms with van der Waals surface area (Å²) in [5.41, 5.74) is 3.15. The molecule has 0 N–H and O–H groups in total. The lowest BCUT2D eigenvalue weighted by Gasteiger charge is -2.22. The van der Waals surface area contributed by atoms with Crippen LogP contribution in [0.25, 0.3) is 11.1 Å². The first-order valence-electron chi connectivity index (χ1n) is 6.78. The maximum Gasteiger partial charge on any atom is 0.129 e. The average Bonchev–Trinajstić information content (AvgIpc) is 2.40. The van der Waals surface area contributed by atoms with Gasteiger partial charge in [0.15, 0.2) is 0 Å². The summed E-state index contributed by atoms with van der Waals surface area (Å²) in [7, 11) is 1.65. The number of benzene rings is 2. The van der Waals surface area contributed by atoms with Crippen LogP contribution in [0.3, 0.4) is 0 Å². The van der Waals surface area contributed by atoms with Gasteiger partial charge in [-0.1, -0.05) is 39.0 Å². The number of hydrogen-bond acceptors (Lipinski definition) is 1. The zero-order valence-corrected chi connectivity index (χ0v) is 12.8. The van der Waals surface area contributed by atoms with E-state index in [0.29, 0.717) is 5.56 Å². The molecule has 0 aliphatic rings. The molecule has 0 amide bonds. The van der Waals surface area contributed by atoms with Crippen LogP contribution in [0.5, 0.6) is 5.75 Å². The average molecular weight is 272 g/mol. The highest BCUT2D eigenvalue weighted by Gasteiger charge is 2.21. The van der Waals surface area contributed by atoms with Crippen LogP contribution in [-0.4, -0.2) is 7.11 Å². The van der Waals surface area contributed by atoms with Crippen LogP contribution in [0.1, 0.15) is 31.9 Å². The molecule has 0 unspecified atom stereocenters. The molecule has 0 aromatic heterocycles. The zero-order chi connectivity index (χ0) is 14.9. The second-order valence-corrected chi connectivity index (χ2v) is 6.10. The molecule has 0 heterocycles. The molecule has 2 aromatic carbocycles. The molecule has 2 heteroatoms. The lowest BCUT2D eigenvalue weighted by atomic mass is 9.83. The summed E-state index contributed by atoms with van der Waals surface area (Å²) in [6.45, 7) is 7.88. The molecule has 0 saturated heterocycles. The summed E-state index contributed by atoms with van der Waals surface area (Å²) in [6, 6.07) is 11.6. The van der Waals surface area contributed by atoms with Gasteiger partial charge in [0.1, 0.15) is 11.6 Å². The van der Waals surface area contributed by atoms with Crippen LogP contribution in [-0.2, 0) is 5.41 Å². The largest absolute Gasteiger partial charge is 0.496 e. The normalized spacial score (nSPS) is 11.5. The van der Waals surface area contributed by atoms with Crippen LogP contribution in [0.15, 0.2) is 36.4 Å². The van der Waals surface area contributed by atoms with Crippen LogP contribution >= 0.6 is 0 Å². The highest BCUT2D eigenvalue weighted by atomic mass is 19.1. The molecule has 2 aromatic rings. The maximum atomic E-state index is 14.3. The topological polar surface area (TPSA) is 9.23 Å². The second-order valence-electron chi connectivity index (χ2n) is 6.10. The first-order valence-corrected chi connectivity index (χ1v) is 6.78. The van der Waals surface area contributed by atoms with Gasteiger partial charge in [0, 0.05) is 5.56 Å². The molecule has 1 nitrogen and oxygen atoms in total. The Morgan fingerprint density at radius 2 is 1.70 bits per heavy atom. The van der Waals surface area contributed by atoms with E-state index in [-0.39, 0.29) is 11.2 Å². The summed E-state index contributed by atoms with van der Waals surface area (Å²) in [4.78, 5) is 0. The van der Waals surface area contributed by atoms with E-state index < -0.39 is 0 Å². The van der Waals surface area contributed by atoms with Crippen LogP contribution in [0.2, 0.25) is 0 Å². The van der Waals surface area contributed by atoms with Gasteiger partial charge in [-0.2, -0.15) is 0 Å². The fourth-order valence-electron chi connectivity index (χ4n) is 2.35. The fraction of sp³-hybridized carbons (Fsp3) is 0.333. The quantitative estimate of drug-likeness (QED) is 0.738. The number of ether oxygens (including phenoxy) is 1. The van der Waals surface area contributed by atoms with Crippen LogP contribution < -0.4 is 4.74 Å². The van der Waals surface area contributed by atoms with Crippen molar-refractivity contribution < 1.29 is 9.13 Å². The van der Waals surface area contributed by atoms with Crippen molar-refractivity contribution in [2.24, 2.45) is 0 Å². The number of aryl methyl sites for hydroxylation is 1. The van der Waals surface area contributed by atoms with Gasteiger partial charge in [0.25, 0.3) is 0 Å². The minimum Gasteiger partial charge on any atom is -0.496 e. The van der Waals surface area contributed by atoms with Crippen LogP contribution in [0, 0.1) is 12.7 Å². The van der Waals surface area contributed by atoms with Gasteiger partial charge in [0.05, 0.1) is 7.11 Å². The van der Waals surface area contributed by atoms with Crippen molar-refractivity contribution in [3.8, 4) is 16.9 Å². The van der Waals surface area contributed by atoms with Gasteiger partial charge in [-0.15, -0.1) is 0 Å². The minimum atomic E-state index is -0.229. The van der Waals surface area contributed by atoms with Gasteiger partial charge < -0.3 is 4.74 Å². The molecule has 0 spiro atoms. The van der Waals surface area contributed by atoms with Crippen molar-refractivity contribution >= 4 is 0 Å². The zero-order valence-electron chi connectivity index (χ0n) is 12.8. The molecule has 20 heavy (non-hydrogen) atoms. The summed E-state index contributed by atoms with van der Waals surface area (Å²) in [5, 5.41) is 0. The van der Waals surface area contributed by atoms with E-state index >= 15 is 0 Å². The fourth-order valence-corrected chi connectivity index (χ4v) is 2.35. The first-order chi connectivity index (χ1) is 9.34. The van der Waals surface area contributed by atoms with Crippen molar-refractivity contribution in [2.75, 3.05) is 7.11 Å². The predicted molar refractivity (Wildman–Crippen MR) is 81.8 cm³/mol. The van der Waals surface area contributed by atoms with Gasteiger partial charge in [-0.3, -0.25) is 0 Å². The van der Waals surface area contributed by atoms with Crippen molar-refractivity contribution in [1.29, 1.82) is 0 Å². The minimum absolute atomic E-state index is 0.115. The van der Waals surface area contributed by atoms with E-state index in [1.807, 2.05) is 64.1 Å². The third-order valence-corrected chi connectivity index (χ3v) is 3.48. The number of rotatable bonds is 2. The molecular formula is C18H21FO. The summed E-state index contributed by atoms with van der Waals surface area (Å²) in [6.07, 6.45) is 0. The molecule has 0 aliphatic carbocycles. The number of para-hydroxylation sites is 1. The van der Waals surface area contributed by atoms with Gasteiger partial charge in [0.2, 0.25) is 0 Å². The van der Waals surface area contributed by atoms with E-state index in [1.165, 1.54) is 0 Å². The van der Waals surface area contributed by atoms with Gasteiger partial charge in [-0.05, 0) is 47.2 Å². The van der Waals surface area contributed by atoms with Gasteiger partial charge >= 0.3 is 0 Å². The Bertz CT molecular complexity index is 624. The maximum absolute atomic E-state index is 14.3. The molecule has 0 atom stereocenters. The molecule has 0 aliphatic heterocycles. The third kappa shape index (κ3) is 2.69. The molecule has 106 valence electrons. The molecule has 0 saturated carbocycles. The Balaban J connectivity index is 2.67. The second kappa shape index (κ2) is 5.28. The summed E-state index contributed by atoms with van der Waals surface area (Å²) >= 11 is 0. The monoisotopic (exact) mass is 272 g/mol. The Morgan fingerprint density at radius 3 is 2.30 bits per heavy atom.